The van der Waals surface area contributed by atoms with Crippen molar-refractivity contribution < 1.29 is 4.79 Å². The van der Waals surface area contributed by atoms with Gasteiger partial charge in [-0.25, -0.2) is 0 Å². The second-order valence-corrected chi connectivity index (χ2v) is 7.19. The summed E-state index contributed by atoms with van der Waals surface area (Å²) in [6, 6.07) is 4.45. The molecular formula is C19H27NO. The van der Waals surface area contributed by atoms with Gasteiger partial charge in [0.2, 0.25) is 5.91 Å². The highest BCUT2D eigenvalue weighted by molar-refractivity contribution is 5.96. The molecule has 1 spiro atoms. The van der Waals surface area contributed by atoms with Crippen molar-refractivity contribution in [1.82, 2.24) is 0 Å². The lowest BCUT2D eigenvalue weighted by atomic mass is 9.69. The largest absolute Gasteiger partial charge is 0.306 e. The molecule has 0 aromatic heterocycles. The van der Waals surface area contributed by atoms with Crippen LogP contribution in [0, 0.1) is 13.8 Å². The summed E-state index contributed by atoms with van der Waals surface area (Å²) in [6.07, 6.45) is 7.31. The van der Waals surface area contributed by atoms with Crippen LogP contribution in [0.15, 0.2) is 12.1 Å². The average Bonchev–Trinajstić information content (AvgIpc) is 2.43. The number of nitrogens with zero attached hydrogens (tertiary/aromatic N) is 1. The first-order chi connectivity index (χ1) is 9.96. The molecule has 1 fully saturated rings. The number of benzene rings is 1. The molecule has 1 aromatic carbocycles. The van der Waals surface area contributed by atoms with E-state index in [2.05, 4.69) is 37.8 Å². The Kier molecular flexibility index (Phi) is 3.59. The highest BCUT2D eigenvalue weighted by atomic mass is 16.2. The Bertz CT molecular complexity index is 569. The summed E-state index contributed by atoms with van der Waals surface area (Å²) in [5.74, 6) is 0.770. The van der Waals surface area contributed by atoms with Crippen LogP contribution in [0.1, 0.15) is 75.0 Å². The Morgan fingerprint density at radius 2 is 1.86 bits per heavy atom. The smallest absolute Gasteiger partial charge is 0.224 e. The molecule has 0 N–H and O–H groups in total. The summed E-state index contributed by atoms with van der Waals surface area (Å²) < 4.78 is 0. The fourth-order valence-electron chi connectivity index (χ4n) is 4.65. The Labute approximate surface area is 128 Å². The number of anilines is 1. The van der Waals surface area contributed by atoms with Gasteiger partial charge in [-0.3, -0.25) is 4.79 Å². The fraction of sp³-hybridized carbons (Fsp3) is 0.632. The molecular weight excluding hydrogens is 258 g/mol. The minimum Gasteiger partial charge on any atom is -0.306 e. The molecule has 2 nitrogen and oxygen atoms in total. The zero-order chi connectivity index (χ0) is 15.2. The molecule has 1 aromatic rings. The lowest BCUT2D eigenvalue weighted by Crippen LogP contribution is -2.56. The van der Waals surface area contributed by atoms with Crippen LogP contribution in [0.3, 0.4) is 0 Å². The highest BCUT2D eigenvalue weighted by Gasteiger charge is 2.46. The number of carbonyl (C=O) groups is 1. The van der Waals surface area contributed by atoms with E-state index in [1.807, 2.05) is 0 Å². The van der Waals surface area contributed by atoms with Gasteiger partial charge in [-0.1, -0.05) is 38.3 Å². The standard InChI is InChI=1S/C19H27NO/c1-13-8-9-17-14(2)12-19(10-6-5-7-11-19)20(16(4)21)18(17)15(13)3/h8-9,14H,5-7,10-12H2,1-4H3. The van der Waals surface area contributed by atoms with Gasteiger partial charge in [-0.15, -0.1) is 0 Å². The molecule has 1 aliphatic carbocycles. The van der Waals surface area contributed by atoms with Crippen molar-refractivity contribution in [3.63, 3.8) is 0 Å². The maximum absolute atomic E-state index is 12.5. The molecule has 0 saturated heterocycles. The van der Waals surface area contributed by atoms with Crippen LogP contribution < -0.4 is 4.90 Å². The summed E-state index contributed by atoms with van der Waals surface area (Å²) in [5, 5.41) is 0. The van der Waals surface area contributed by atoms with Gasteiger partial charge in [-0.05, 0) is 55.7 Å². The van der Waals surface area contributed by atoms with Crippen molar-refractivity contribution in [3.05, 3.63) is 28.8 Å². The lowest BCUT2D eigenvalue weighted by Gasteiger charge is -2.52. The van der Waals surface area contributed by atoms with E-state index in [0.29, 0.717) is 5.92 Å². The maximum Gasteiger partial charge on any atom is 0.224 e. The van der Waals surface area contributed by atoms with Crippen molar-refractivity contribution in [2.75, 3.05) is 4.90 Å². The van der Waals surface area contributed by atoms with E-state index >= 15 is 0 Å². The van der Waals surface area contributed by atoms with Gasteiger partial charge in [-0.2, -0.15) is 0 Å². The quantitative estimate of drug-likeness (QED) is 0.666. The van der Waals surface area contributed by atoms with E-state index in [9.17, 15) is 4.79 Å². The van der Waals surface area contributed by atoms with Gasteiger partial charge in [0.05, 0.1) is 5.69 Å². The number of carbonyl (C=O) groups excluding carboxylic acids is 1. The lowest BCUT2D eigenvalue weighted by molar-refractivity contribution is -0.118. The minimum atomic E-state index is 0.0784. The van der Waals surface area contributed by atoms with Gasteiger partial charge in [0.1, 0.15) is 0 Å². The van der Waals surface area contributed by atoms with Gasteiger partial charge in [0, 0.05) is 12.5 Å². The predicted molar refractivity (Wildman–Crippen MR) is 87.9 cm³/mol. The molecule has 0 radical (unpaired) electrons. The summed E-state index contributed by atoms with van der Waals surface area (Å²) >= 11 is 0. The molecule has 0 bridgehead atoms. The molecule has 1 unspecified atom stereocenters. The number of aryl methyl sites for hydroxylation is 1. The summed E-state index contributed by atoms with van der Waals surface area (Å²) in [4.78, 5) is 14.7. The predicted octanol–water partition coefficient (Wildman–Crippen LogP) is 4.87. The van der Waals surface area contributed by atoms with Gasteiger partial charge in [0.15, 0.2) is 0 Å². The van der Waals surface area contributed by atoms with Crippen LogP contribution in [0.5, 0.6) is 0 Å². The third-order valence-corrected chi connectivity index (χ3v) is 5.75. The van der Waals surface area contributed by atoms with Crippen molar-refractivity contribution in [2.45, 2.75) is 77.7 Å². The Morgan fingerprint density at radius 3 is 2.48 bits per heavy atom. The Hall–Kier alpha value is -1.31. The average molecular weight is 285 g/mol. The normalized spacial score (nSPS) is 24.0. The van der Waals surface area contributed by atoms with E-state index in [1.165, 1.54) is 54.5 Å². The molecule has 2 heteroatoms. The summed E-state index contributed by atoms with van der Waals surface area (Å²) in [6.45, 7) is 8.42. The third kappa shape index (κ3) is 2.20. The van der Waals surface area contributed by atoms with E-state index < -0.39 is 0 Å². The Morgan fingerprint density at radius 1 is 1.19 bits per heavy atom. The number of hydrogen-bond acceptors (Lipinski definition) is 1. The molecule has 1 saturated carbocycles. The zero-order valence-electron chi connectivity index (χ0n) is 13.8. The van der Waals surface area contributed by atoms with E-state index in [1.54, 1.807) is 6.92 Å². The fourth-order valence-corrected chi connectivity index (χ4v) is 4.65. The van der Waals surface area contributed by atoms with Crippen molar-refractivity contribution in [3.8, 4) is 0 Å². The van der Waals surface area contributed by atoms with Crippen LogP contribution in [0.25, 0.3) is 0 Å². The van der Waals surface area contributed by atoms with Crippen LogP contribution >= 0.6 is 0 Å². The first-order valence-electron chi connectivity index (χ1n) is 8.37. The number of fused-ring (bicyclic) bond motifs is 1. The zero-order valence-corrected chi connectivity index (χ0v) is 13.8. The Balaban J connectivity index is 2.20. The number of rotatable bonds is 0. The van der Waals surface area contributed by atoms with Gasteiger partial charge >= 0.3 is 0 Å². The van der Waals surface area contributed by atoms with E-state index in [0.717, 1.165) is 6.42 Å². The topological polar surface area (TPSA) is 20.3 Å². The van der Waals surface area contributed by atoms with Crippen LogP contribution in [-0.4, -0.2) is 11.4 Å². The molecule has 1 aliphatic heterocycles. The van der Waals surface area contributed by atoms with Crippen LogP contribution in [0.4, 0.5) is 5.69 Å². The molecule has 21 heavy (non-hydrogen) atoms. The molecule has 114 valence electrons. The second-order valence-electron chi connectivity index (χ2n) is 7.19. The summed E-state index contributed by atoms with van der Waals surface area (Å²) in [5.41, 5.74) is 5.25. The van der Waals surface area contributed by atoms with E-state index in [-0.39, 0.29) is 11.4 Å². The van der Waals surface area contributed by atoms with Crippen LogP contribution in [0.2, 0.25) is 0 Å². The highest BCUT2D eigenvalue weighted by Crippen LogP contribution is 2.51. The molecule has 2 aliphatic rings. The number of hydrogen-bond donors (Lipinski definition) is 0. The second kappa shape index (κ2) is 5.15. The summed E-state index contributed by atoms with van der Waals surface area (Å²) in [7, 11) is 0. The molecule has 3 rings (SSSR count). The molecule has 1 atom stereocenters. The molecule has 1 heterocycles. The van der Waals surface area contributed by atoms with Gasteiger partial charge < -0.3 is 4.90 Å². The van der Waals surface area contributed by atoms with Crippen LogP contribution in [-0.2, 0) is 4.79 Å². The van der Waals surface area contributed by atoms with Gasteiger partial charge in [0.25, 0.3) is 0 Å². The first kappa shape index (κ1) is 14.6. The maximum atomic E-state index is 12.5. The minimum absolute atomic E-state index is 0.0784. The van der Waals surface area contributed by atoms with Crippen molar-refractivity contribution in [1.29, 1.82) is 0 Å². The number of amides is 1. The van der Waals surface area contributed by atoms with Crippen molar-refractivity contribution in [2.24, 2.45) is 0 Å². The van der Waals surface area contributed by atoms with E-state index in [4.69, 9.17) is 0 Å². The van der Waals surface area contributed by atoms with Crippen molar-refractivity contribution >= 4 is 11.6 Å². The monoisotopic (exact) mass is 285 g/mol. The molecule has 1 amide bonds. The third-order valence-electron chi connectivity index (χ3n) is 5.75. The SMILES string of the molecule is CC(=O)N1c2c(ccc(C)c2C)C(C)CC12CCCCC2. The first-order valence-corrected chi connectivity index (χ1v) is 8.37.